The Balaban J connectivity index is 1.58. The zero-order valence-corrected chi connectivity index (χ0v) is 17.4. The van der Waals surface area contributed by atoms with Crippen molar-refractivity contribution in [3.63, 3.8) is 0 Å². The molecule has 0 spiro atoms. The Labute approximate surface area is 175 Å². The van der Waals surface area contributed by atoms with Crippen LogP contribution in [0.5, 0.6) is 11.5 Å². The number of rotatable bonds is 8. The van der Waals surface area contributed by atoms with Crippen LogP contribution in [0.1, 0.15) is 37.0 Å². The van der Waals surface area contributed by atoms with Gasteiger partial charge in [0.05, 0.1) is 7.11 Å². The number of carbonyl (C=O) groups is 1. The number of hydrogen-bond donors (Lipinski definition) is 0. The summed E-state index contributed by atoms with van der Waals surface area (Å²) in [6.45, 7) is 5.32. The third kappa shape index (κ3) is 5.26. The second-order valence-corrected chi connectivity index (χ2v) is 6.64. The first kappa shape index (κ1) is 21.1. The molecule has 3 rings (SSSR count). The van der Waals surface area contributed by atoms with Crippen molar-refractivity contribution < 1.29 is 23.4 Å². The van der Waals surface area contributed by atoms with Crippen molar-refractivity contribution >= 4 is 12.0 Å². The molecule has 3 aromatic rings. The van der Waals surface area contributed by atoms with E-state index in [1.165, 1.54) is 0 Å². The lowest BCUT2D eigenvalue weighted by molar-refractivity contribution is -0.152. The topological polar surface area (TPSA) is 83.7 Å². The Morgan fingerprint density at radius 1 is 1.13 bits per heavy atom. The third-order valence-electron chi connectivity index (χ3n) is 4.29. The molecule has 1 aromatic heterocycles. The van der Waals surface area contributed by atoms with Crippen LogP contribution in [0, 0.1) is 6.92 Å². The molecule has 156 valence electrons. The number of esters is 1. The highest BCUT2D eigenvalue weighted by molar-refractivity contribution is 5.71. The molecular weight excluding hydrogens is 384 g/mol. The maximum atomic E-state index is 12.2. The number of carbonyl (C=O) groups excluding carboxylic acids is 1. The van der Waals surface area contributed by atoms with E-state index in [1.54, 1.807) is 20.1 Å². The first-order chi connectivity index (χ1) is 14.5. The molecule has 0 aliphatic heterocycles. The lowest BCUT2D eigenvalue weighted by atomic mass is 10.1. The van der Waals surface area contributed by atoms with Gasteiger partial charge in [-0.2, -0.15) is 0 Å². The summed E-state index contributed by atoms with van der Waals surface area (Å²) in [5.41, 5.74) is 2.90. The highest BCUT2D eigenvalue weighted by Crippen LogP contribution is 2.29. The van der Waals surface area contributed by atoms with Crippen molar-refractivity contribution in [2.45, 2.75) is 26.9 Å². The summed E-state index contributed by atoms with van der Waals surface area (Å²) in [6, 6.07) is 13.2. The summed E-state index contributed by atoms with van der Waals surface area (Å²) in [6.07, 6.45) is 3.17. The van der Waals surface area contributed by atoms with Gasteiger partial charge in [0.25, 0.3) is 5.89 Å². The van der Waals surface area contributed by atoms with E-state index in [2.05, 4.69) is 10.2 Å². The number of aromatic nitrogens is 2. The summed E-state index contributed by atoms with van der Waals surface area (Å²) >= 11 is 0. The monoisotopic (exact) mass is 408 g/mol. The van der Waals surface area contributed by atoms with E-state index in [-0.39, 0.29) is 12.5 Å². The van der Waals surface area contributed by atoms with E-state index >= 15 is 0 Å². The summed E-state index contributed by atoms with van der Waals surface area (Å²) in [7, 11) is 1.54. The quantitative estimate of drug-likeness (QED) is 0.496. The first-order valence-corrected chi connectivity index (χ1v) is 9.53. The number of benzene rings is 2. The second-order valence-electron chi connectivity index (χ2n) is 6.64. The van der Waals surface area contributed by atoms with Crippen LogP contribution in [0.3, 0.4) is 0 Å². The molecule has 1 atom stereocenters. The zero-order valence-electron chi connectivity index (χ0n) is 17.4. The Kier molecular flexibility index (Phi) is 6.85. The van der Waals surface area contributed by atoms with E-state index in [0.29, 0.717) is 17.4 Å². The molecule has 2 aromatic carbocycles. The van der Waals surface area contributed by atoms with Gasteiger partial charge in [-0.3, -0.25) is 0 Å². The number of nitrogens with zero attached hydrogens (tertiary/aromatic N) is 2. The lowest BCUT2D eigenvalue weighted by Gasteiger charge is -2.12. The second kappa shape index (κ2) is 9.73. The van der Waals surface area contributed by atoms with Gasteiger partial charge in [-0.25, -0.2) is 4.79 Å². The average molecular weight is 408 g/mol. The largest absolute Gasteiger partial charge is 0.493 e. The first-order valence-electron chi connectivity index (χ1n) is 9.53. The van der Waals surface area contributed by atoms with E-state index in [1.807, 2.05) is 62.4 Å². The molecule has 30 heavy (non-hydrogen) atoms. The SMILES string of the molecule is C/C=C/c1ccc(OCC(=O)OC(C)c2nnc(-c3ccc(C)cc3)o2)c(OC)c1. The maximum Gasteiger partial charge on any atom is 0.344 e. The number of hydrogen-bond acceptors (Lipinski definition) is 7. The minimum Gasteiger partial charge on any atom is -0.493 e. The van der Waals surface area contributed by atoms with Crippen molar-refractivity contribution in [2.75, 3.05) is 13.7 Å². The molecule has 0 aliphatic carbocycles. The van der Waals surface area contributed by atoms with Crippen LogP contribution < -0.4 is 9.47 Å². The van der Waals surface area contributed by atoms with Crippen molar-refractivity contribution in [3.05, 3.63) is 65.6 Å². The zero-order chi connectivity index (χ0) is 21.5. The van der Waals surface area contributed by atoms with Crippen LogP contribution in [-0.2, 0) is 9.53 Å². The van der Waals surface area contributed by atoms with E-state index in [9.17, 15) is 4.79 Å². The number of methoxy groups -OCH3 is 1. The van der Waals surface area contributed by atoms with Crippen LogP contribution in [0.2, 0.25) is 0 Å². The fourth-order valence-corrected chi connectivity index (χ4v) is 2.73. The molecule has 0 saturated heterocycles. The normalized spacial score (nSPS) is 12.0. The molecule has 0 saturated carbocycles. The number of allylic oxidation sites excluding steroid dienone is 1. The van der Waals surface area contributed by atoms with Gasteiger partial charge in [-0.1, -0.05) is 35.9 Å². The Morgan fingerprint density at radius 3 is 2.60 bits per heavy atom. The molecule has 0 N–H and O–H groups in total. The molecule has 0 bridgehead atoms. The molecule has 0 radical (unpaired) electrons. The van der Waals surface area contributed by atoms with Gasteiger partial charge in [0.15, 0.2) is 24.2 Å². The van der Waals surface area contributed by atoms with Crippen molar-refractivity contribution in [1.29, 1.82) is 0 Å². The summed E-state index contributed by atoms with van der Waals surface area (Å²) < 4.78 is 21.9. The lowest BCUT2D eigenvalue weighted by Crippen LogP contribution is -2.17. The van der Waals surface area contributed by atoms with Crippen LogP contribution in [0.25, 0.3) is 17.5 Å². The molecule has 0 amide bonds. The smallest absolute Gasteiger partial charge is 0.344 e. The minimum atomic E-state index is -0.702. The van der Waals surface area contributed by atoms with Gasteiger partial charge in [0.1, 0.15) is 0 Å². The molecule has 0 fully saturated rings. The van der Waals surface area contributed by atoms with Gasteiger partial charge < -0.3 is 18.6 Å². The van der Waals surface area contributed by atoms with E-state index in [4.69, 9.17) is 18.6 Å². The van der Waals surface area contributed by atoms with Gasteiger partial charge >= 0.3 is 5.97 Å². The molecule has 7 heteroatoms. The highest BCUT2D eigenvalue weighted by Gasteiger charge is 2.20. The molecule has 7 nitrogen and oxygen atoms in total. The van der Waals surface area contributed by atoms with Gasteiger partial charge in [0, 0.05) is 5.56 Å². The molecule has 1 heterocycles. The van der Waals surface area contributed by atoms with E-state index < -0.39 is 12.1 Å². The van der Waals surface area contributed by atoms with Crippen molar-refractivity contribution in [1.82, 2.24) is 10.2 Å². The molecule has 0 aliphatic rings. The van der Waals surface area contributed by atoms with Crippen LogP contribution in [0.15, 0.2) is 53.0 Å². The predicted octanol–water partition coefficient (Wildman–Crippen LogP) is 4.77. The average Bonchev–Trinajstić information content (AvgIpc) is 3.24. The Hall–Kier alpha value is -3.61. The summed E-state index contributed by atoms with van der Waals surface area (Å²) in [4.78, 5) is 12.2. The number of aryl methyl sites for hydroxylation is 1. The fourth-order valence-electron chi connectivity index (χ4n) is 2.73. The van der Waals surface area contributed by atoms with Crippen molar-refractivity contribution in [2.24, 2.45) is 0 Å². The summed E-state index contributed by atoms with van der Waals surface area (Å²) in [5.74, 6) is 1.01. The fraction of sp³-hybridized carbons (Fsp3) is 0.261. The molecular formula is C23H24N2O5. The van der Waals surface area contributed by atoms with Gasteiger partial charge in [-0.05, 0) is 50.6 Å². The van der Waals surface area contributed by atoms with Crippen LogP contribution in [0.4, 0.5) is 0 Å². The maximum absolute atomic E-state index is 12.2. The predicted molar refractivity (Wildman–Crippen MR) is 112 cm³/mol. The van der Waals surface area contributed by atoms with Gasteiger partial charge in [0.2, 0.25) is 5.89 Å². The standard InChI is InChI=1S/C23H24N2O5/c1-5-6-17-9-12-19(20(13-17)27-4)28-14-21(26)29-16(3)22-24-25-23(30-22)18-10-7-15(2)8-11-18/h5-13,16H,14H2,1-4H3/b6-5+. The number of ether oxygens (including phenoxy) is 3. The van der Waals surface area contributed by atoms with Crippen molar-refractivity contribution in [3.8, 4) is 23.0 Å². The Morgan fingerprint density at radius 2 is 1.90 bits per heavy atom. The van der Waals surface area contributed by atoms with Crippen LogP contribution in [-0.4, -0.2) is 29.9 Å². The third-order valence-corrected chi connectivity index (χ3v) is 4.29. The van der Waals surface area contributed by atoms with Crippen LogP contribution >= 0.6 is 0 Å². The van der Waals surface area contributed by atoms with E-state index in [0.717, 1.165) is 16.7 Å². The minimum absolute atomic E-state index is 0.215. The Bertz CT molecular complexity index is 1020. The summed E-state index contributed by atoms with van der Waals surface area (Å²) in [5, 5.41) is 8.00. The molecule has 1 unspecified atom stereocenters. The highest BCUT2D eigenvalue weighted by atomic mass is 16.6. The van der Waals surface area contributed by atoms with Gasteiger partial charge in [-0.15, -0.1) is 10.2 Å².